The molecule has 2 unspecified atom stereocenters. The molecule has 0 amide bonds. The molecule has 0 aromatic carbocycles. The summed E-state index contributed by atoms with van der Waals surface area (Å²) < 4.78 is 4.56. The normalized spacial score (nSPS) is 46.2. The fourth-order valence-electron chi connectivity index (χ4n) is 0.946. The Hall–Kier alpha value is -0.160. The first-order valence-electron chi connectivity index (χ1n) is 3.22. The molecule has 0 aliphatic carbocycles. The van der Waals surface area contributed by atoms with Gasteiger partial charge in [-0.1, -0.05) is 13.8 Å². The zero-order valence-electron chi connectivity index (χ0n) is 6.03. The number of ether oxygens (including phenoxy) is 1. The van der Waals surface area contributed by atoms with Crippen LogP contribution in [0.4, 0.5) is 0 Å². The Labute approximate surface area is 59.1 Å². The third-order valence-corrected chi connectivity index (χ3v) is 1.84. The summed E-state index contributed by atoms with van der Waals surface area (Å²) in [5.74, 6) is -3.48. The predicted octanol–water partition coefficient (Wildman–Crippen LogP) is -0.958. The fourth-order valence-corrected chi connectivity index (χ4v) is 0.946. The van der Waals surface area contributed by atoms with Crippen molar-refractivity contribution in [1.29, 1.82) is 0 Å². The van der Waals surface area contributed by atoms with Crippen LogP contribution in [0.5, 0.6) is 0 Å². The van der Waals surface area contributed by atoms with Crippen LogP contribution in [-0.2, 0) is 4.74 Å². The summed E-state index contributed by atoms with van der Waals surface area (Å²) in [6, 6.07) is 0. The van der Waals surface area contributed by atoms with E-state index in [1.165, 1.54) is 0 Å². The summed E-state index contributed by atoms with van der Waals surface area (Å²) in [6.45, 7) is 2.84. The number of aliphatic hydroxyl groups excluding tert-OH is 1. The monoisotopic (exact) mass is 148 g/mol. The Morgan fingerprint density at radius 2 is 1.90 bits per heavy atom. The molecule has 2 atom stereocenters. The molecule has 1 aliphatic rings. The van der Waals surface area contributed by atoms with Crippen LogP contribution in [0.3, 0.4) is 0 Å². The third kappa shape index (κ3) is 0.769. The molecule has 1 rings (SSSR count). The highest BCUT2D eigenvalue weighted by molar-refractivity contribution is 5.01. The maximum atomic E-state index is 9.29. The van der Waals surface area contributed by atoms with Gasteiger partial charge in [0.25, 0.3) is 0 Å². The van der Waals surface area contributed by atoms with E-state index in [4.69, 9.17) is 10.2 Å². The second-order valence-corrected chi connectivity index (χ2v) is 2.90. The van der Waals surface area contributed by atoms with Gasteiger partial charge >= 0.3 is 0 Å². The highest BCUT2D eigenvalue weighted by Gasteiger charge is 2.71. The summed E-state index contributed by atoms with van der Waals surface area (Å²) in [4.78, 5) is 0. The van der Waals surface area contributed by atoms with Crippen molar-refractivity contribution in [2.45, 2.75) is 25.4 Å². The van der Waals surface area contributed by atoms with Gasteiger partial charge in [-0.3, -0.25) is 0 Å². The van der Waals surface area contributed by atoms with Gasteiger partial charge in [-0.05, 0) is 0 Å². The highest BCUT2D eigenvalue weighted by atomic mass is 16.8. The van der Waals surface area contributed by atoms with E-state index in [1.54, 1.807) is 13.8 Å². The topological polar surface area (TPSA) is 73.2 Å². The largest absolute Gasteiger partial charge is 0.391 e. The molecule has 0 radical (unpaired) electrons. The van der Waals surface area contributed by atoms with Crippen LogP contribution in [-0.4, -0.2) is 33.5 Å². The minimum absolute atomic E-state index is 0.218. The van der Waals surface area contributed by atoms with Gasteiger partial charge in [0, 0.05) is 5.92 Å². The van der Waals surface area contributed by atoms with E-state index in [-0.39, 0.29) is 5.92 Å². The van der Waals surface area contributed by atoms with Gasteiger partial charge in [0.1, 0.15) is 6.61 Å². The van der Waals surface area contributed by atoms with Gasteiger partial charge in [0.15, 0.2) is 0 Å². The van der Waals surface area contributed by atoms with E-state index in [0.29, 0.717) is 0 Å². The predicted molar refractivity (Wildman–Crippen MR) is 32.9 cm³/mol. The number of hydrogen-bond acceptors (Lipinski definition) is 4. The van der Waals surface area contributed by atoms with Gasteiger partial charge in [0.2, 0.25) is 11.6 Å². The van der Waals surface area contributed by atoms with E-state index in [2.05, 4.69) is 4.74 Å². The lowest BCUT2D eigenvalue weighted by atomic mass is 10.0. The molecule has 3 N–H and O–H groups in total. The lowest BCUT2D eigenvalue weighted by Gasteiger charge is -2.10. The molecule has 4 heteroatoms. The van der Waals surface area contributed by atoms with Crippen LogP contribution in [0.15, 0.2) is 0 Å². The smallest absolute Gasteiger partial charge is 0.248 e. The summed E-state index contributed by atoms with van der Waals surface area (Å²) in [6.07, 6.45) is 0. The van der Waals surface area contributed by atoms with Gasteiger partial charge in [0.05, 0.1) is 0 Å². The second-order valence-electron chi connectivity index (χ2n) is 2.90. The molecule has 0 spiro atoms. The van der Waals surface area contributed by atoms with Gasteiger partial charge in [-0.2, -0.15) is 0 Å². The van der Waals surface area contributed by atoms with Crippen molar-refractivity contribution in [3.63, 3.8) is 0 Å². The molecule has 0 aromatic rings. The van der Waals surface area contributed by atoms with Gasteiger partial charge in [-0.15, -0.1) is 0 Å². The number of rotatable bonds is 2. The van der Waals surface area contributed by atoms with E-state index >= 15 is 0 Å². The Bertz CT molecular complexity index is 147. The molecule has 10 heavy (non-hydrogen) atoms. The van der Waals surface area contributed by atoms with Crippen molar-refractivity contribution in [3.8, 4) is 0 Å². The number of hydrogen-bond donors (Lipinski definition) is 3. The lowest BCUT2D eigenvalue weighted by molar-refractivity contribution is -0.0357. The SMILES string of the molecule is CC(C)C1(O)OC1(O)CO. The maximum absolute atomic E-state index is 9.29. The summed E-state index contributed by atoms with van der Waals surface area (Å²) in [7, 11) is 0. The molecular weight excluding hydrogens is 136 g/mol. The Kier molecular flexibility index (Phi) is 1.52. The Morgan fingerprint density at radius 3 is 2.00 bits per heavy atom. The van der Waals surface area contributed by atoms with Crippen molar-refractivity contribution in [3.05, 3.63) is 0 Å². The quantitative estimate of drug-likeness (QED) is 0.441. The minimum Gasteiger partial charge on any atom is -0.391 e. The Balaban J connectivity index is 2.63. The molecule has 1 heterocycles. The fraction of sp³-hybridized carbons (Fsp3) is 1.00. The number of epoxide rings is 1. The molecule has 60 valence electrons. The van der Waals surface area contributed by atoms with Crippen molar-refractivity contribution >= 4 is 0 Å². The first-order chi connectivity index (χ1) is 4.46. The van der Waals surface area contributed by atoms with E-state index in [9.17, 15) is 5.11 Å². The van der Waals surface area contributed by atoms with E-state index in [1.807, 2.05) is 0 Å². The standard InChI is InChI=1S/C6H12O4/c1-4(2)6(9)5(8,3-7)10-6/h4,7-9H,3H2,1-2H3. The lowest BCUT2D eigenvalue weighted by Crippen LogP contribution is -2.33. The van der Waals surface area contributed by atoms with Crippen LogP contribution in [0, 0.1) is 5.92 Å². The molecule has 1 saturated heterocycles. The van der Waals surface area contributed by atoms with Crippen molar-refractivity contribution < 1.29 is 20.1 Å². The van der Waals surface area contributed by atoms with Crippen LogP contribution < -0.4 is 0 Å². The zero-order chi connectivity index (χ0) is 7.99. The minimum atomic E-state index is -1.72. The number of aliphatic hydroxyl groups is 3. The summed E-state index contributed by atoms with van der Waals surface area (Å²) >= 11 is 0. The average Bonchev–Trinajstić information content (AvgIpc) is 2.39. The van der Waals surface area contributed by atoms with Gasteiger partial charge < -0.3 is 20.1 Å². The average molecular weight is 148 g/mol. The molecule has 1 fully saturated rings. The van der Waals surface area contributed by atoms with Crippen LogP contribution >= 0.6 is 0 Å². The van der Waals surface area contributed by atoms with Crippen LogP contribution in [0.25, 0.3) is 0 Å². The third-order valence-electron chi connectivity index (χ3n) is 1.84. The van der Waals surface area contributed by atoms with Crippen molar-refractivity contribution in [1.82, 2.24) is 0 Å². The first-order valence-corrected chi connectivity index (χ1v) is 3.22. The van der Waals surface area contributed by atoms with Crippen molar-refractivity contribution in [2.75, 3.05) is 6.61 Å². The molecular formula is C6H12O4. The zero-order valence-corrected chi connectivity index (χ0v) is 6.03. The van der Waals surface area contributed by atoms with Crippen LogP contribution in [0.1, 0.15) is 13.8 Å². The second kappa shape index (κ2) is 1.92. The van der Waals surface area contributed by atoms with E-state index < -0.39 is 18.2 Å². The molecule has 0 saturated carbocycles. The summed E-state index contributed by atoms with van der Waals surface area (Å²) in [5, 5.41) is 26.9. The first kappa shape index (κ1) is 7.94. The van der Waals surface area contributed by atoms with Gasteiger partial charge in [-0.25, -0.2) is 0 Å². The molecule has 0 aromatic heterocycles. The van der Waals surface area contributed by atoms with Crippen LogP contribution in [0.2, 0.25) is 0 Å². The highest BCUT2D eigenvalue weighted by Crippen LogP contribution is 2.48. The summed E-state index contributed by atoms with van der Waals surface area (Å²) in [5.41, 5.74) is 0. The molecule has 0 bridgehead atoms. The van der Waals surface area contributed by atoms with Crippen molar-refractivity contribution in [2.24, 2.45) is 5.92 Å². The Morgan fingerprint density at radius 1 is 1.40 bits per heavy atom. The van der Waals surface area contributed by atoms with E-state index in [0.717, 1.165) is 0 Å². The maximum Gasteiger partial charge on any atom is 0.248 e. The molecule has 1 aliphatic heterocycles. The molecule has 4 nitrogen and oxygen atoms in total.